The lowest BCUT2D eigenvalue weighted by molar-refractivity contribution is 1.29. The quantitative estimate of drug-likeness (QED) is 0.517. The predicted molar refractivity (Wildman–Crippen MR) is 45.8 cm³/mol. The molecule has 0 fully saturated rings. The third-order valence-corrected chi connectivity index (χ3v) is 1.76. The van der Waals surface area contributed by atoms with Crippen LogP contribution in [0.25, 0.3) is 0 Å². The summed E-state index contributed by atoms with van der Waals surface area (Å²) in [6, 6.07) is 3.42. The summed E-state index contributed by atoms with van der Waals surface area (Å²) in [4.78, 5) is 3.91. The van der Waals surface area contributed by atoms with Crippen LogP contribution in [0, 0.1) is 3.70 Å². The van der Waals surface area contributed by atoms with Crippen LogP contribution < -0.4 is 11.5 Å². The van der Waals surface area contributed by atoms with Crippen LogP contribution in [0.4, 0.5) is 11.5 Å². The van der Waals surface area contributed by atoms with Crippen molar-refractivity contribution in [1.29, 1.82) is 0 Å². The number of aromatic nitrogens is 1. The Labute approximate surface area is 66.6 Å². The first-order chi connectivity index (χ1) is 4.20. The smallest absolute Gasteiger partial charge is 0.126 e. The van der Waals surface area contributed by atoms with Gasteiger partial charge in [-0.1, -0.05) is 0 Å². The van der Waals surface area contributed by atoms with Gasteiger partial charge in [0.1, 0.15) is 9.52 Å². The van der Waals surface area contributed by atoms with Crippen LogP contribution >= 0.6 is 22.6 Å². The first kappa shape index (κ1) is 6.60. The highest BCUT2D eigenvalue weighted by atomic mass is 127. The van der Waals surface area contributed by atoms with Gasteiger partial charge in [0, 0.05) is 0 Å². The van der Waals surface area contributed by atoms with E-state index in [0.717, 1.165) is 3.70 Å². The van der Waals surface area contributed by atoms with Gasteiger partial charge >= 0.3 is 0 Å². The van der Waals surface area contributed by atoms with Crippen molar-refractivity contribution < 1.29 is 0 Å². The van der Waals surface area contributed by atoms with Crippen LogP contribution in [-0.4, -0.2) is 4.98 Å². The van der Waals surface area contributed by atoms with Crippen LogP contribution in [0.3, 0.4) is 0 Å². The predicted octanol–water partition coefficient (Wildman–Crippen LogP) is 0.851. The summed E-state index contributed by atoms with van der Waals surface area (Å²) in [6.45, 7) is 0. The monoisotopic (exact) mass is 235 g/mol. The molecule has 4 heteroatoms. The molecule has 0 aliphatic heterocycles. The van der Waals surface area contributed by atoms with Crippen molar-refractivity contribution >= 4 is 34.1 Å². The molecule has 0 radical (unpaired) electrons. The van der Waals surface area contributed by atoms with E-state index in [4.69, 9.17) is 11.5 Å². The summed E-state index contributed by atoms with van der Waals surface area (Å²) < 4.78 is 0.757. The van der Waals surface area contributed by atoms with E-state index in [1.165, 1.54) is 0 Å². The van der Waals surface area contributed by atoms with E-state index in [1.807, 2.05) is 22.6 Å². The molecule has 9 heavy (non-hydrogen) atoms. The molecule has 0 aliphatic carbocycles. The van der Waals surface area contributed by atoms with Gasteiger partial charge in [0.25, 0.3) is 0 Å². The van der Waals surface area contributed by atoms with Gasteiger partial charge in [-0.15, -0.1) is 0 Å². The molecule has 3 nitrogen and oxygen atoms in total. The van der Waals surface area contributed by atoms with E-state index in [1.54, 1.807) is 12.1 Å². The van der Waals surface area contributed by atoms with Crippen molar-refractivity contribution in [1.82, 2.24) is 4.98 Å². The fourth-order valence-electron chi connectivity index (χ4n) is 0.459. The lowest BCUT2D eigenvalue weighted by Gasteiger charge is -1.95. The Morgan fingerprint density at radius 1 is 1.33 bits per heavy atom. The van der Waals surface area contributed by atoms with Crippen LogP contribution in [0.5, 0.6) is 0 Å². The fourth-order valence-corrected chi connectivity index (χ4v) is 0.917. The molecule has 1 rings (SSSR count). The molecule has 0 aromatic carbocycles. The summed E-state index contributed by atoms with van der Waals surface area (Å²) in [5, 5.41) is 0. The first-order valence-corrected chi connectivity index (χ1v) is 3.45. The first-order valence-electron chi connectivity index (χ1n) is 2.37. The van der Waals surface area contributed by atoms with E-state index in [-0.39, 0.29) is 0 Å². The van der Waals surface area contributed by atoms with E-state index in [9.17, 15) is 0 Å². The van der Waals surface area contributed by atoms with Gasteiger partial charge in [-0.2, -0.15) is 0 Å². The zero-order chi connectivity index (χ0) is 6.85. The second kappa shape index (κ2) is 2.38. The maximum atomic E-state index is 5.46. The lowest BCUT2D eigenvalue weighted by atomic mass is 10.4. The van der Waals surface area contributed by atoms with Crippen molar-refractivity contribution in [3.63, 3.8) is 0 Å². The van der Waals surface area contributed by atoms with Gasteiger partial charge in [0.2, 0.25) is 0 Å². The standard InChI is InChI=1S/C5H6IN3/c6-5-3(7)1-2-4(8)9-5/h1-2H,7H2,(H2,8,9). The Hall–Kier alpha value is -0.520. The Bertz CT molecular complexity index is 223. The minimum absolute atomic E-state index is 0.508. The van der Waals surface area contributed by atoms with E-state index < -0.39 is 0 Å². The molecule has 0 saturated heterocycles. The fraction of sp³-hybridized carbons (Fsp3) is 0. The van der Waals surface area contributed by atoms with Crippen LogP contribution in [0.2, 0.25) is 0 Å². The Morgan fingerprint density at radius 2 is 2.00 bits per heavy atom. The molecule has 1 aromatic rings. The molecule has 4 N–H and O–H groups in total. The third-order valence-electron chi connectivity index (χ3n) is 0.899. The molecule has 0 amide bonds. The highest BCUT2D eigenvalue weighted by Crippen LogP contribution is 2.12. The number of pyridine rings is 1. The highest BCUT2D eigenvalue weighted by Gasteiger charge is 1.93. The molecule has 48 valence electrons. The molecule has 0 atom stereocenters. The topological polar surface area (TPSA) is 64.9 Å². The molecule has 0 saturated carbocycles. The zero-order valence-electron chi connectivity index (χ0n) is 4.63. The summed E-state index contributed by atoms with van der Waals surface area (Å²) >= 11 is 2.03. The summed E-state index contributed by atoms with van der Waals surface area (Å²) in [6.07, 6.45) is 0. The van der Waals surface area contributed by atoms with Gasteiger partial charge in [0.05, 0.1) is 5.69 Å². The second-order valence-corrected chi connectivity index (χ2v) is 2.64. The molecule has 1 aromatic heterocycles. The number of hydrogen-bond acceptors (Lipinski definition) is 3. The lowest BCUT2D eigenvalue weighted by Crippen LogP contribution is -1.96. The number of nitrogens with two attached hydrogens (primary N) is 2. The van der Waals surface area contributed by atoms with Gasteiger partial charge in [-0.25, -0.2) is 4.98 Å². The van der Waals surface area contributed by atoms with Crippen LogP contribution in [-0.2, 0) is 0 Å². The number of rotatable bonds is 0. The number of halogens is 1. The maximum absolute atomic E-state index is 5.46. The summed E-state index contributed by atoms with van der Waals surface area (Å²) in [5.74, 6) is 0.508. The maximum Gasteiger partial charge on any atom is 0.126 e. The van der Waals surface area contributed by atoms with Crippen molar-refractivity contribution in [2.45, 2.75) is 0 Å². The zero-order valence-corrected chi connectivity index (χ0v) is 6.79. The number of nitrogen functional groups attached to an aromatic ring is 2. The normalized spacial score (nSPS) is 9.44. The number of hydrogen-bond donors (Lipinski definition) is 2. The average molecular weight is 235 g/mol. The molecule has 0 aliphatic rings. The van der Waals surface area contributed by atoms with Gasteiger partial charge in [-0.3, -0.25) is 0 Å². The SMILES string of the molecule is Nc1ccc(N)c(I)n1. The van der Waals surface area contributed by atoms with Crippen molar-refractivity contribution in [3.8, 4) is 0 Å². The number of anilines is 2. The van der Waals surface area contributed by atoms with Crippen LogP contribution in [0.15, 0.2) is 12.1 Å². The van der Waals surface area contributed by atoms with E-state index in [2.05, 4.69) is 4.98 Å². The number of nitrogens with zero attached hydrogens (tertiary/aromatic N) is 1. The van der Waals surface area contributed by atoms with Crippen molar-refractivity contribution in [3.05, 3.63) is 15.8 Å². The highest BCUT2D eigenvalue weighted by molar-refractivity contribution is 14.1. The van der Waals surface area contributed by atoms with E-state index >= 15 is 0 Å². The Balaban J connectivity index is 3.17. The molecular formula is C5H6IN3. The van der Waals surface area contributed by atoms with Crippen molar-refractivity contribution in [2.75, 3.05) is 11.5 Å². The molecule has 0 bridgehead atoms. The second-order valence-electron chi connectivity index (χ2n) is 1.62. The molecule has 0 spiro atoms. The third kappa shape index (κ3) is 1.44. The average Bonchev–Trinajstić information content (AvgIpc) is 1.80. The van der Waals surface area contributed by atoms with Crippen molar-refractivity contribution in [2.24, 2.45) is 0 Å². The molecule has 0 unspecified atom stereocenters. The summed E-state index contributed by atoms with van der Waals surface area (Å²) in [7, 11) is 0. The summed E-state index contributed by atoms with van der Waals surface area (Å²) in [5.41, 5.74) is 11.5. The van der Waals surface area contributed by atoms with Gasteiger partial charge < -0.3 is 11.5 Å². The minimum atomic E-state index is 0.508. The van der Waals surface area contributed by atoms with E-state index in [0.29, 0.717) is 11.5 Å². The van der Waals surface area contributed by atoms with Gasteiger partial charge in [0.15, 0.2) is 0 Å². The molecule has 1 heterocycles. The van der Waals surface area contributed by atoms with Gasteiger partial charge in [-0.05, 0) is 34.7 Å². The molecular weight excluding hydrogens is 229 g/mol. The Morgan fingerprint density at radius 3 is 2.44 bits per heavy atom. The largest absolute Gasteiger partial charge is 0.397 e. The Kier molecular flexibility index (Phi) is 1.75. The minimum Gasteiger partial charge on any atom is -0.397 e. The van der Waals surface area contributed by atoms with Crippen LogP contribution in [0.1, 0.15) is 0 Å².